The van der Waals surface area contributed by atoms with Crippen molar-refractivity contribution in [3.8, 4) is 0 Å². The predicted octanol–water partition coefficient (Wildman–Crippen LogP) is 1.39. The van der Waals surface area contributed by atoms with Gasteiger partial charge in [0.25, 0.3) is 0 Å². The van der Waals surface area contributed by atoms with Gasteiger partial charge in [-0.2, -0.15) is 0 Å². The maximum absolute atomic E-state index is 5.89. The van der Waals surface area contributed by atoms with E-state index in [1.807, 2.05) is 0 Å². The molecule has 0 bridgehead atoms. The second kappa shape index (κ2) is 4.84. The summed E-state index contributed by atoms with van der Waals surface area (Å²) in [6, 6.07) is 0. The molecule has 3 rings (SSSR count). The smallest absolute Gasteiger partial charge is 0.135 e. The number of nitrogens with two attached hydrogens (primary N) is 1. The van der Waals surface area contributed by atoms with Gasteiger partial charge in [0, 0.05) is 24.3 Å². The van der Waals surface area contributed by atoms with Gasteiger partial charge >= 0.3 is 0 Å². The zero-order valence-electron chi connectivity index (χ0n) is 11.1. The summed E-state index contributed by atoms with van der Waals surface area (Å²) in [7, 11) is 0. The molecule has 1 fully saturated rings. The van der Waals surface area contributed by atoms with Crippen molar-refractivity contribution in [3.05, 3.63) is 17.6 Å². The Hall–Kier alpha value is -1.16. The number of hydrogen-bond acceptors (Lipinski definition) is 4. The third-order valence-electron chi connectivity index (χ3n) is 4.57. The summed E-state index contributed by atoms with van der Waals surface area (Å²) in [5.41, 5.74) is 8.55. The molecule has 1 aromatic rings. The van der Waals surface area contributed by atoms with Crippen molar-refractivity contribution in [2.45, 2.75) is 32.6 Å². The number of nitrogens with zero attached hydrogens (tertiary/aromatic N) is 3. The molecule has 0 radical (unpaired) electrons. The molecule has 2 aliphatic rings. The van der Waals surface area contributed by atoms with Crippen LogP contribution in [0.4, 0.5) is 5.82 Å². The van der Waals surface area contributed by atoms with E-state index in [0.717, 1.165) is 38.4 Å². The Kier molecular flexibility index (Phi) is 3.20. The van der Waals surface area contributed by atoms with Crippen LogP contribution in [0.1, 0.15) is 31.0 Å². The summed E-state index contributed by atoms with van der Waals surface area (Å²) < 4.78 is 0. The van der Waals surface area contributed by atoms with Crippen LogP contribution in [-0.2, 0) is 12.8 Å². The van der Waals surface area contributed by atoms with Crippen molar-refractivity contribution in [2.75, 3.05) is 24.5 Å². The Morgan fingerprint density at radius 1 is 1.39 bits per heavy atom. The van der Waals surface area contributed by atoms with E-state index in [1.54, 1.807) is 6.33 Å². The van der Waals surface area contributed by atoms with Gasteiger partial charge < -0.3 is 10.6 Å². The number of aromatic nitrogens is 2. The number of hydrogen-bond donors (Lipinski definition) is 1. The molecule has 1 aromatic heterocycles. The van der Waals surface area contributed by atoms with Crippen molar-refractivity contribution in [1.82, 2.24) is 9.97 Å². The molecule has 0 spiro atoms. The first-order chi connectivity index (χ1) is 8.79. The highest BCUT2D eigenvalue weighted by Crippen LogP contribution is 2.31. The van der Waals surface area contributed by atoms with E-state index in [4.69, 9.17) is 5.73 Å². The monoisotopic (exact) mass is 246 g/mol. The van der Waals surface area contributed by atoms with Crippen LogP contribution in [0.2, 0.25) is 0 Å². The first-order valence-electron chi connectivity index (χ1n) is 7.07. The Labute approximate surface area is 109 Å². The highest BCUT2D eigenvalue weighted by Gasteiger charge is 2.28. The fourth-order valence-corrected chi connectivity index (χ4v) is 3.26. The van der Waals surface area contributed by atoms with Gasteiger partial charge in [-0.1, -0.05) is 6.92 Å². The molecule has 4 nitrogen and oxygen atoms in total. The van der Waals surface area contributed by atoms with Crippen LogP contribution >= 0.6 is 0 Å². The van der Waals surface area contributed by atoms with Gasteiger partial charge in [0.15, 0.2) is 0 Å². The Balaban J connectivity index is 1.85. The lowest BCUT2D eigenvalue weighted by molar-refractivity contribution is 0.306. The molecule has 18 heavy (non-hydrogen) atoms. The maximum Gasteiger partial charge on any atom is 0.135 e. The highest BCUT2D eigenvalue weighted by atomic mass is 15.2. The maximum atomic E-state index is 5.89. The third kappa shape index (κ3) is 1.99. The van der Waals surface area contributed by atoms with Crippen LogP contribution < -0.4 is 10.6 Å². The standard InChI is InChI=1S/C14H22N4/c1-10-5-6-18(8-11(10)7-15)14-12-3-2-4-13(12)16-9-17-14/h9-11H,2-8,15H2,1H3. The summed E-state index contributed by atoms with van der Waals surface area (Å²) >= 11 is 0. The summed E-state index contributed by atoms with van der Waals surface area (Å²) in [6.07, 6.45) is 6.45. The van der Waals surface area contributed by atoms with Crippen LogP contribution in [-0.4, -0.2) is 29.6 Å². The average Bonchev–Trinajstić information content (AvgIpc) is 2.87. The minimum absolute atomic E-state index is 0.603. The highest BCUT2D eigenvalue weighted by molar-refractivity contribution is 5.50. The minimum Gasteiger partial charge on any atom is -0.356 e. The van der Waals surface area contributed by atoms with E-state index in [9.17, 15) is 0 Å². The van der Waals surface area contributed by atoms with Crippen LogP contribution in [0.15, 0.2) is 6.33 Å². The molecule has 2 unspecified atom stereocenters. The summed E-state index contributed by atoms with van der Waals surface area (Å²) in [5, 5.41) is 0. The molecule has 0 amide bonds. The van der Waals surface area contributed by atoms with E-state index in [2.05, 4.69) is 21.8 Å². The molecular formula is C14H22N4. The van der Waals surface area contributed by atoms with Crippen molar-refractivity contribution >= 4 is 5.82 Å². The molecule has 98 valence electrons. The topological polar surface area (TPSA) is 55.0 Å². The molecule has 0 aromatic carbocycles. The van der Waals surface area contributed by atoms with Gasteiger partial charge in [-0.25, -0.2) is 9.97 Å². The van der Waals surface area contributed by atoms with Gasteiger partial charge in [-0.05, 0) is 44.1 Å². The Bertz CT molecular complexity index is 432. The molecule has 0 saturated carbocycles. The molecular weight excluding hydrogens is 224 g/mol. The molecule has 2 N–H and O–H groups in total. The zero-order chi connectivity index (χ0) is 12.5. The number of rotatable bonds is 2. The van der Waals surface area contributed by atoms with E-state index in [0.29, 0.717) is 5.92 Å². The number of fused-ring (bicyclic) bond motifs is 1. The second-order valence-corrected chi connectivity index (χ2v) is 5.68. The van der Waals surface area contributed by atoms with E-state index < -0.39 is 0 Å². The van der Waals surface area contributed by atoms with Crippen molar-refractivity contribution < 1.29 is 0 Å². The van der Waals surface area contributed by atoms with Crippen LogP contribution in [0.25, 0.3) is 0 Å². The van der Waals surface area contributed by atoms with Crippen LogP contribution in [0.3, 0.4) is 0 Å². The summed E-state index contributed by atoms with van der Waals surface area (Å²) in [5.74, 6) is 2.52. The largest absolute Gasteiger partial charge is 0.356 e. The van der Waals surface area contributed by atoms with Crippen LogP contribution in [0.5, 0.6) is 0 Å². The SMILES string of the molecule is CC1CCN(c2ncnc3c2CCC3)CC1CN. The summed E-state index contributed by atoms with van der Waals surface area (Å²) in [4.78, 5) is 11.4. The van der Waals surface area contributed by atoms with Gasteiger partial charge in [-0.15, -0.1) is 0 Å². The lowest BCUT2D eigenvalue weighted by atomic mass is 9.87. The molecule has 2 heterocycles. The second-order valence-electron chi connectivity index (χ2n) is 5.68. The Morgan fingerprint density at radius 3 is 3.11 bits per heavy atom. The Morgan fingerprint density at radius 2 is 2.28 bits per heavy atom. The van der Waals surface area contributed by atoms with E-state index in [1.165, 1.54) is 29.9 Å². The van der Waals surface area contributed by atoms with Gasteiger partial charge in [0.1, 0.15) is 12.1 Å². The molecule has 2 atom stereocenters. The first kappa shape index (κ1) is 11.9. The van der Waals surface area contributed by atoms with E-state index >= 15 is 0 Å². The van der Waals surface area contributed by atoms with Gasteiger partial charge in [0.05, 0.1) is 0 Å². The lowest BCUT2D eigenvalue weighted by Crippen LogP contribution is -2.43. The molecule has 1 aliphatic carbocycles. The zero-order valence-corrected chi connectivity index (χ0v) is 11.1. The van der Waals surface area contributed by atoms with Gasteiger partial charge in [0.2, 0.25) is 0 Å². The fourth-order valence-electron chi connectivity index (χ4n) is 3.26. The lowest BCUT2D eigenvalue weighted by Gasteiger charge is -2.37. The quantitative estimate of drug-likeness (QED) is 0.856. The molecule has 1 aliphatic heterocycles. The van der Waals surface area contributed by atoms with Gasteiger partial charge in [-0.3, -0.25) is 0 Å². The van der Waals surface area contributed by atoms with Crippen molar-refractivity contribution in [2.24, 2.45) is 17.6 Å². The average molecular weight is 246 g/mol. The first-order valence-corrected chi connectivity index (χ1v) is 7.07. The fraction of sp³-hybridized carbons (Fsp3) is 0.714. The predicted molar refractivity (Wildman–Crippen MR) is 72.6 cm³/mol. The summed E-state index contributed by atoms with van der Waals surface area (Å²) in [6.45, 7) is 5.27. The number of aryl methyl sites for hydroxylation is 1. The number of piperidine rings is 1. The molecule has 4 heteroatoms. The van der Waals surface area contributed by atoms with Crippen LogP contribution in [0, 0.1) is 11.8 Å². The molecule has 1 saturated heterocycles. The van der Waals surface area contributed by atoms with E-state index in [-0.39, 0.29) is 0 Å². The van der Waals surface area contributed by atoms with Crippen molar-refractivity contribution in [3.63, 3.8) is 0 Å². The normalized spacial score (nSPS) is 27.3. The van der Waals surface area contributed by atoms with Crippen molar-refractivity contribution in [1.29, 1.82) is 0 Å². The number of anilines is 1. The third-order valence-corrected chi connectivity index (χ3v) is 4.57. The minimum atomic E-state index is 0.603.